The van der Waals surface area contributed by atoms with Crippen molar-refractivity contribution >= 4 is 15.9 Å². The first-order valence-corrected chi connectivity index (χ1v) is 11.9. The van der Waals surface area contributed by atoms with Crippen molar-refractivity contribution in [2.45, 2.75) is 24.3 Å². The van der Waals surface area contributed by atoms with Crippen LogP contribution < -0.4 is 9.46 Å². The number of piperidine rings is 1. The van der Waals surface area contributed by atoms with Crippen LogP contribution in [0.2, 0.25) is 0 Å². The Balaban J connectivity index is 1.46. The Hall–Kier alpha value is -2.93. The molecule has 0 spiro atoms. The molecule has 1 aliphatic heterocycles. The van der Waals surface area contributed by atoms with Crippen molar-refractivity contribution in [3.05, 3.63) is 59.7 Å². The average Bonchev–Trinajstić information content (AvgIpc) is 2.83. The van der Waals surface area contributed by atoms with Gasteiger partial charge in [-0.3, -0.25) is 4.79 Å². The lowest BCUT2D eigenvalue weighted by Gasteiger charge is -2.32. The molecule has 0 bridgehead atoms. The number of carbonyl (C=O) groups is 1. The number of nitriles is 1. The molecule has 1 amide bonds. The van der Waals surface area contributed by atoms with E-state index >= 15 is 0 Å². The lowest BCUT2D eigenvalue weighted by molar-refractivity contribution is -0.132. The maximum atomic E-state index is 12.6. The topological polar surface area (TPSA) is 109 Å². The summed E-state index contributed by atoms with van der Waals surface area (Å²) >= 11 is 0. The summed E-state index contributed by atoms with van der Waals surface area (Å²) in [5, 5.41) is 8.98. The van der Waals surface area contributed by atoms with Crippen LogP contribution in [0.3, 0.4) is 0 Å². The number of rotatable bonds is 9. The molecule has 1 fully saturated rings. The molecular formula is C23H27N3O5S. The molecule has 0 saturated carbocycles. The molecule has 170 valence electrons. The summed E-state index contributed by atoms with van der Waals surface area (Å²) in [6.07, 6.45) is 1.79. The zero-order chi connectivity index (χ0) is 23.0. The van der Waals surface area contributed by atoms with E-state index in [9.17, 15) is 13.2 Å². The van der Waals surface area contributed by atoms with Crippen molar-refractivity contribution in [1.29, 1.82) is 5.26 Å². The van der Waals surface area contributed by atoms with E-state index < -0.39 is 10.0 Å². The van der Waals surface area contributed by atoms with Gasteiger partial charge in [0, 0.05) is 13.1 Å². The molecule has 1 N–H and O–H groups in total. The van der Waals surface area contributed by atoms with Crippen molar-refractivity contribution < 1.29 is 22.7 Å². The predicted octanol–water partition coefficient (Wildman–Crippen LogP) is 2.30. The van der Waals surface area contributed by atoms with E-state index in [0.717, 1.165) is 18.4 Å². The Morgan fingerprint density at radius 1 is 1.25 bits per heavy atom. The molecule has 0 aromatic heterocycles. The zero-order valence-electron chi connectivity index (χ0n) is 18.0. The van der Waals surface area contributed by atoms with Gasteiger partial charge >= 0.3 is 0 Å². The van der Waals surface area contributed by atoms with Crippen LogP contribution in [0.4, 0.5) is 0 Å². The molecule has 8 nitrogen and oxygen atoms in total. The summed E-state index contributed by atoms with van der Waals surface area (Å²) in [7, 11) is -2.28. The quantitative estimate of drug-likeness (QED) is 0.619. The summed E-state index contributed by atoms with van der Waals surface area (Å²) in [5.74, 6) is 0.484. The Morgan fingerprint density at radius 2 is 2.03 bits per heavy atom. The standard InChI is InChI=1S/C23H27N3O5S/c1-30-21-7-9-22(10-8-21)32(28,29)25-14-23(27)26-11-3-6-20(15-26)17-31-16-19-5-2-4-18(12-19)13-24/h2,4-5,7-10,12,20,25H,3,6,11,14-17H2,1H3. The van der Waals surface area contributed by atoms with Crippen molar-refractivity contribution in [3.63, 3.8) is 0 Å². The maximum Gasteiger partial charge on any atom is 0.241 e. The number of hydrogen-bond acceptors (Lipinski definition) is 6. The molecule has 0 aliphatic carbocycles. The van der Waals surface area contributed by atoms with Gasteiger partial charge in [0.05, 0.1) is 43.4 Å². The predicted molar refractivity (Wildman–Crippen MR) is 118 cm³/mol. The fourth-order valence-corrected chi connectivity index (χ4v) is 4.58. The molecule has 1 aliphatic rings. The van der Waals surface area contributed by atoms with Crippen LogP contribution in [0.15, 0.2) is 53.4 Å². The molecule has 0 radical (unpaired) electrons. The van der Waals surface area contributed by atoms with Gasteiger partial charge in [-0.1, -0.05) is 12.1 Å². The molecule has 1 unspecified atom stereocenters. The van der Waals surface area contributed by atoms with Crippen LogP contribution in [0.1, 0.15) is 24.0 Å². The monoisotopic (exact) mass is 457 g/mol. The smallest absolute Gasteiger partial charge is 0.241 e. The Kier molecular flexibility index (Phi) is 8.22. The Labute approximate surface area is 188 Å². The average molecular weight is 458 g/mol. The van der Waals surface area contributed by atoms with Crippen molar-refractivity contribution in [3.8, 4) is 11.8 Å². The molecule has 1 saturated heterocycles. The number of nitrogens with zero attached hydrogens (tertiary/aromatic N) is 2. The van der Waals surface area contributed by atoms with Gasteiger partial charge in [-0.15, -0.1) is 0 Å². The van der Waals surface area contributed by atoms with Crippen LogP contribution in [-0.2, 0) is 26.2 Å². The van der Waals surface area contributed by atoms with Gasteiger partial charge in [-0.05, 0) is 60.7 Å². The highest BCUT2D eigenvalue weighted by Crippen LogP contribution is 2.18. The SMILES string of the molecule is COc1ccc(S(=O)(=O)NCC(=O)N2CCCC(COCc3cccc(C#N)c3)C2)cc1. The van der Waals surface area contributed by atoms with Crippen molar-refractivity contribution in [1.82, 2.24) is 9.62 Å². The first kappa shape index (κ1) is 23.7. The van der Waals surface area contributed by atoms with E-state index in [1.165, 1.54) is 19.2 Å². The largest absolute Gasteiger partial charge is 0.497 e. The second-order valence-electron chi connectivity index (χ2n) is 7.68. The highest BCUT2D eigenvalue weighted by atomic mass is 32.2. The number of carbonyl (C=O) groups excluding carboxylic acids is 1. The van der Waals surface area contributed by atoms with Crippen LogP contribution in [0.5, 0.6) is 5.75 Å². The third kappa shape index (κ3) is 6.53. The third-order valence-electron chi connectivity index (χ3n) is 5.33. The number of likely N-dealkylation sites (tertiary alicyclic amines) is 1. The molecule has 2 aromatic carbocycles. The fraction of sp³-hybridized carbons (Fsp3) is 0.391. The minimum absolute atomic E-state index is 0.0801. The normalized spacial score (nSPS) is 16.4. The van der Waals surface area contributed by atoms with Gasteiger partial charge in [0.15, 0.2) is 0 Å². The summed E-state index contributed by atoms with van der Waals surface area (Å²) in [4.78, 5) is 14.4. The van der Waals surface area contributed by atoms with Gasteiger partial charge < -0.3 is 14.4 Å². The van der Waals surface area contributed by atoms with Gasteiger partial charge in [0.25, 0.3) is 0 Å². The highest BCUT2D eigenvalue weighted by molar-refractivity contribution is 7.89. The number of nitrogens with one attached hydrogen (secondary N) is 1. The summed E-state index contributed by atoms with van der Waals surface area (Å²) in [5.41, 5.74) is 1.53. The number of hydrogen-bond donors (Lipinski definition) is 1. The van der Waals surface area contributed by atoms with Crippen LogP contribution in [0.25, 0.3) is 0 Å². The number of ether oxygens (including phenoxy) is 2. The molecule has 1 heterocycles. The molecule has 32 heavy (non-hydrogen) atoms. The minimum Gasteiger partial charge on any atom is -0.497 e. The lowest BCUT2D eigenvalue weighted by atomic mass is 9.99. The molecule has 2 aromatic rings. The first-order chi connectivity index (χ1) is 15.4. The summed E-state index contributed by atoms with van der Waals surface area (Å²) in [6.45, 7) is 1.74. The molecule has 3 rings (SSSR count). The van der Waals surface area contributed by atoms with E-state index in [4.69, 9.17) is 14.7 Å². The van der Waals surface area contributed by atoms with Crippen LogP contribution >= 0.6 is 0 Å². The fourth-order valence-electron chi connectivity index (χ4n) is 3.61. The van der Waals surface area contributed by atoms with Gasteiger partial charge in [0.2, 0.25) is 15.9 Å². The number of sulfonamides is 1. The number of amides is 1. The Morgan fingerprint density at radius 3 is 2.75 bits per heavy atom. The molecular weight excluding hydrogens is 430 g/mol. The second kappa shape index (κ2) is 11.1. The number of benzene rings is 2. The lowest BCUT2D eigenvalue weighted by Crippen LogP contribution is -2.45. The van der Waals surface area contributed by atoms with E-state index in [0.29, 0.717) is 37.6 Å². The van der Waals surface area contributed by atoms with Gasteiger partial charge in [-0.25, -0.2) is 13.1 Å². The maximum absolute atomic E-state index is 12.6. The molecule has 1 atom stereocenters. The zero-order valence-corrected chi connectivity index (χ0v) is 18.8. The van der Waals surface area contributed by atoms with E-state index in [2.05, 4.69) is 10.8 Å². The van der Waals surface area contributed by atoms with Gasteiger partial charge in [-0.2, -0.15) is 5.26 Å². The number of methoxy groups -OCH3 is 1. The van der Waals surface area contributed by atoms with Crippen molar-refractivity contribution in [2.75, 3.05) is 33.4 Å². The van der Waals surface area contributed by atoms with Gasteiger partial charge in [0.1, 0.15) is 5.75 Å². The Bertz CT molecular complexity index is 1060. The van der Waals surface area contributed by atoms with Crippen LogP contribution in [0, 0.1) is 17.2 Å². The van der Waals surface area contributed by atoms with Crippen LogP contribution in [-0.4, -0.2) is 52.6 Å². The summed E-state index contributed by atoms with van der Waals surface area (Å²) < 4.78 is 38.1. The second-order valence-corrected chi connectivity index (χ2v) is 9.44. The summed E-state index contributed by atoms with van der Waals surface area (Å²) in [6, 6.07) is 15.4. The molecule has 9 heteroatoms. The van der Waals surface area contributed by atoms with Crippen molar-refractivity contribution in [2.24, 2.45) is 5.92 Å². The third-order valence-corrected chi connectivity index (χ3v) is 6.75. The van der Waals surface area contributed by atoms with E-state index in [1.54, 1.807) is 29.2 Å². The minimum atomic E-state index is -3.78. The highest BCUT2D eigenvalue weighted by Gasteiger charge is 2.25. The first-order valence-electron chi connectivity index (χ1n) is 10.4. The van der Waals surface area contributed by atoms with E-state index in [-0.39, 0.29) is 23.3 Å². The van der Waals surface area contributed by atoms with E-state index in [1.807, 2.05) is 12.1 Å².